The van der Waals surface area contributed by atoms with Crippen molar-refractivity contribution in [3.63, 3.8) is 0 Å². The van der Waals surface area contributed by atoms with Crippen molar-refractivity contribution in [1.82, 2.24) is 5.32 Å². The molecule has 0 spiro atoms. The highest BCUT2D eigenvalue weighted by Gasteiger charge is 2.07. The molecule has 0 unspecified atom stereocenters. The van der Waals surface area contributed by atoms with E-state index >= 15 is 0 Å². The van der Waals surface area contributed by atoms with Crippen molar-refractivity contribution in [3.05, 3.63) is 69.5 Å². The molecule has 0 saturated heterocycles. The summed E-state index contributed by atoms with van der Waals surface area (Å²) in [5, 5.41) is 4.68. The topological polar surface area (TPSA) is 12.0 Å². The fourth-order valence-electron chi connectivity index (χ4n) is 1.81. The van der Waals surface area contributed by atoms with Crippen molar-refractivity contribution in [2.24, 2.45) is 0 Å². The van der Waals surface area contributed by atoms with Gasteiger partial charge in [-0.1, -0.05) is 35.3 Å². The first-order chi connectivity index (χ1) is 9.06. The van der Waals surface area contributed by atoms with Gasteiger partial charge in [-0.15, -0.1) is 0 Å². The standard InChI is InChI=1S/C15H14Cl2FN/c1-10(11-2-5-14(18)6-3-11)19-9-12-8-13(16)4-7-15(12)17/h2-8,10,19H,9H2,1H3/t10-/m0/s1. The molecule has 0 radical (unpaired) electrons. The highest BCUT2D eigenvalue weighted by atomic mass is 35.5. The zero-order valence-electron chi connectivity index (χ0n) is 10.5. The number of rotatable bonds is 4. The molecular weight excluding hydrogens is 284 g/mol. The molecule has 0 amide bonds. The van der Waals surface area contributed by atoms with Crippen LogP contribution in [0, 0.1) is 5.82 Å². The maximum absolute atomic E-state index is 12.8. The number of nitrogens with one attached hydrogen (secondary N) is 1. The molecule has 1 N–H and O–H groups in total. The molecule has 4 heteroatoms. The Kier molecular flexibility index (Phi) is 4.81. The number of benzene rings is 2. The van der Waals surface area contributed by atoms with Crippen LogP contribution in [-0.2, 0) is 6.54 Å². The summed E-state index contributed by atoms with van der Waals surface area (Å²) in [4.78, 5) is 0. The zero-order chi connectivity index (χ0) is 13.8. The molecule has 0 fully saturated rings. The van der Waals surface area contributed by atoms with E-state index in [1.807, 2.05) is 13.0 Å². The van der Waals surface area contributed by atoms with Gasteiger partial charge in [0.1, 0.15) is 5.82 Å². The Labute approximate surface area is 122 Å². The first kappa shape index (κ1) is 14.3. The quantitative estimate of drug-likeness (QED) is 0.839. The summed E-state index contributed by atoms with van der Waals surface area (Å²) >= 11 is 12.0. The van der Waals surface area contributed by atoms with Crippen LogP contribution in [0.3, 0.4) is 0 Å². The molecule has 0 aromatic heterocycles. The molecule has 0 aliphatic carbocycles. The summed E-state index contributed by atoms with van der Waals surface area (Å²) in [6.45, 7) is 2.63. The van der Waals surface area contributed by atoms with Gasteiger partial charge in [0, 0.05) is 22.6 Å². The van der Waals surface area contributed by atoms with Gasteiger partial charge in [0.2, 0.25) is 0 Å². The second-order valence-electron chi connectivity index (χ2n) is 4.39. The van der Waals surface area contributed by atoms with Gasteiger partial charge in [-0.3, -0.25) is 0 Å². The van der Waals surface area contributed by atoms with Gasteiger partial charge >= 0.3 is 0 Å². The van der Waals surface area contributed by atoms with Crippen LogP contribution < -0.4 is 5.32 Å². The third-order valence-electron chi connectivity index (χ3n) is 2.98. The van der Waals surface area contributed by atoms with E-state index < -0.39 is 0 Å². The van der Waals surface area contributed by atoms with E-state index in [1.165, 1.54) is 12.1 Å². The lowest BCUT2D eigenvalue weighted by molar-refractivity contribution is 0.571. The van der Waals surface area contributed by atoms with Gasteiger partial charge in [0.25, 0.3) is 0 Å². The van der Waals surface area contributed by atoms with Gasteiger partial charge in [-0.05, 0) is 48.4 Å². The molecule has 2 aromatic rings. The Morgan fingerprint density at radius 2 is 1.79 bits per heavy atom. The molecule has 0 aliphatic heterocycles. The second-order valence-corrected chi connectivity index (χ2v) is 5.23. The van der Waals surface area contributed by atoms with Crippen LogP contribution in [0.4, 0.5) is 4.39 Å². The maximum Gasteiger partial charge on any atom is 0.123 e. The lowest BCUT2D eigenvalue weighted by Gasteiger charge is -2.15. The largest absolute Gasteiger partial charge is 0.306 e. The van der Waals surface area contributed by atoms with E-state index in [4.69, 9.17) is 23.2 Å². The van der Waals surface area contributed by atoms with Crippen LogP contribution in [0.25, 0.3) is 0 Å². The third-order valence-corrected chi connectivity index (χ3v) is 3.58. The SMILES string of the molecule is C[C@H](NCc1cc(Cl)ccc1Cl)c1ccc(F)cc1. The average Bonchev–Trinajstić information content (AvgIpc) is 2.40. The van der Waals surface area contributed by atoms with E-state index in [1.54, 1.807) is 24.3 Å². The van der Waals surface area contributed by atoms with Crippen molar-refractivity contribution >= 4 is 23.2 Å². The molecule has 2 rings (SSSR count). The predicted octanol–water partition coefficient (Wildman–Crippen LogP) is 4.98. The number of hydrogen-bond acceptors (Lipinski definition) is 1. The van der Waals surface area contributed by atoms with Crippen molar-refractivity contribution < 1.29 is 4.39 Å². The van der Waals surface area contributed by atoms with Crippen molar-refractivity contribution in [2.45, 2.75) is 19.5 Å². The summed E-state index contributed by atoms with van der Waals surface area (Å²) in [6.07, 6.45) is 0. The van der Waals surface area contributed by atoms with Gasteiger partial charge in [0.15, 0.2) is 0 Å². The van der Waals surface area contributed by atoms with E-state index in [-0.39, 0.29) is 11.9 Å². The lowest BCUT2D eigenvalue weighted by atomic mass is 10.1. The van der Waals surface area contributed by atoms with Crippen molar-refractivity contribution in [2.75, 3.05) is 0 Å². The summed E-state index contributed by atoms with van der Waals surface area (Å²) in [5.41, 5.74) is 1.97. The highest BCUT2D eigenvalue weighted by Crippen LogP contribution is 2.21. The lowest BCUT2D eigenvalue weighted by Crippen LogP contribution is -2.18. The van der Waals surface area contributed by atoms with Crippen LogP contribution in [0.1, 0.15) is 24.1 Å². The van der Waals surface area contributed by atoms with Crippen LogP contribution in [0.2, 0.25) is 10.0 Å². The van der Waals surface area contributed by atoms with Crippen LogP contribution in [0.15, 0.2) is 42.5 Å². The Morgan fingerprint density at radius 1 is 1.11 bits per heavy atom. The highest BCUT2D eigenvalue weighted by molar-refractivity contribution is 6.33. The number of halogens is 3. The molecule has 0 aliphatic rings. The monoisotopic (exact) mass is 297 g/mol. The Bertz CT molecular complexity index is 555. The van der Waals surface area contributed by atoms with Gasteiger partial charge in [-0.25, -0.2) is 4.39 Å². The Balaban J connectivity index is 2.02. The summed E-state index contributed by atoms with van der Waals surface area (Å²) in [7, 11) is 0. The fourth-order valence-corrected chi connectivity index (χ4v) is 2.19. The van der Waals surface area contributed by atoms with Gasteiger partial charge in [-0.2, -0.15) is 0 Å². The van der Waals surface area contributed by atoms with Crippen LogP contribution in [0.5, 0.6) is 0 Å². The molecule has 100 valence electrons. The molecule has 2 aromatic carbocycles. The van der Waals surface area contributed by atoms with Crippen molar-refractivity contribution in [1.29, 1.82) is 0 Å². The minimum Gasteiger partial charge on any atom is -0.306 e. The minimum absolute atomic E-state index is 0.107. The Hall–Kier alpha value is -1.09. The number of hydrogen-bond donors (Lipinski definition) is 1. The molecule has 0 bridgehead atoms. The molecule has 1 atom stereocenters. The summed E-state index contributed by atoms with van der Waals surface area (Å²) in [6, 6.07) is 11.9. The molecule has 19 heavy (non-hydrogen) atoms. The minimum atomic E-state index is -0.228. The molecule has 0 heterocycles. The summed E-state index contributed by atoms with van der Waals surface area (Å²) < 4.78 is 12.8. The molecule has 1 nitrogen and oxygen atoms in total. The third kappa shape index (κ3) is 3.93. The van der Waals surface area contributed by atoms with E-state index in [9.17, 15) is 4.39 Å². The van der Waals surface area contributed by atoms with Gasteiger partial charge in [0.05, 0.1) is 0 Å². The smallest absolute Gasteiger partial charge is 0.123 e. The summed E-state index contributed by atoms with van der Waals surface area (Å²) in [5.74, 6) is -0.228. The second kappa shape index (κ2) is 6.38. The van der Waals surface area contributed by atoms with Gasteiger partial charge < -0.3 is 5.32 Å². The Morgan fingerprint density at radius 3 is 2.47 bits per heavy atom. The van der Waals surface area contributed by atoms with E-state index in [0.717, 1.165) is 11.1 Å². The normalized spacial score (nSPS) is 12.4. The van der Waals surface area contributed by atoms with E-state index in [2.05, 4.69) is 5.32 Å². The average molecular weight is 298 g/mol. The first-order valence-corrected chi connectivity index (χ1v) is 6.74. The van der Waals surface area contributed by atoms with E-state index in [0.29, 0.717) is 16.6 Å². The molecular formula is C15H14Cl2FN. The predicted molar refractivity (Wildman–Crippen MR) is 78.1 cm³/mol. The fraction of sp³-hybridized carbons (Fsp3) is 0.200. The molecule has 0 saturated carbocycles. The zero-order valence-corrected chi connectivity index (χ0v) is 12.0. The van der Waals surface area contributed by atoms with Crippen LogP contribution >= 0.6 is 23.2 Å². The first-order valence-electron chi connectivity index (χ1n) is 5.99. The van der Waals surface area contributed by atoms with Crippen LogP contribution in [-0.4, -0.2) is 0 Å². The maximum atomic E-state index is 12.8. The van der Waals surface area contributed by atoms with Crippen molar-refractivity contribution in [3.8, 4) is 0 Å².